The van der Waals surface area contributed by atoms with Gasteiger partial charge in [-0.3, -0.25) is 4.79 Å². The third-order valence-electron chi connectivity index (χ3n) is 5.82. The van der Waals surface area contributed by atoms with Crippen molar-refractivity contribution in [3.05, 3.63) is 47.4 Å². The largest absolute Gasteiger partial charge is 0.356 e. The second kappa shape index (κ2) is 6.08. The molecule has 1 aromatic carbocycles. The number of nitrogens with zero attached hydrogens (tertiary/aromatic N) is 4. The SMILES string of the molecule is Cc1cc(N2CCC(C(=O)N3CCc4ccccc43)C2)nc(C2CC2)n1. The second-order valence-corrected chi connectivity index (χ2v) is 7.80. The summed E-state index contributed by atoms with van der Waals surface area (Å²) in [5.41, 5.74) is 3.42. The molecule has 0 bridgehead atoms. The minimum atomic E-state index is 0.0563. The third-order valence-corrected chi connectivity index (χ3v) is 5.82. The molecule has 134 valence electrons. The number of hydrogen-bond donors (Lipinski definition) is 0. The van der Waals surface area contributed by atoms with Crippen molar-refractivity contribution in [2.75, 3.05) is 29.4 Å². The predicted molar refractivity (Wildman–Crippen MR) is 102 cm³/mol. The van der Waals surface area contributed by atoms with Crippen LogP contribution in [-0.4, -0.2) is 35.5 Å². The number of anilines is 2. The van der Waals surface area contributed by atoms with E-state index < -0.39 is 0 Å². The highest BCUT2D eigenvalue weighted by Gasteiger charge is 2.35. The fraction of sp³-hybridized carbons (Fsp3) is 0.476. The Kier molecular flexibility index (Phi) is 3.69. The Labute approximate surface area is 154 Å². The van der Waals surface area contributed by atoms with Crippen molar-refractivity contribution < 1.29 is 4.79 Å². The molecule has 0 spiro atoms. The highest BCUT2D eigenvalue weighted by Crippen LogP contribution is 2.39. The van der Waals surface area contributed by atoms with E-state index in [2.05, 4.69) is 34.1 Å². The smallest absolute Gasteiger partial charge is 0.231 e. The van der Waals surface area contributed by atoms with Crippen LogP contribution in [0.15, 0.2) is 30.3 Å². The number of carbonyl (C=O) groups excluding carboxylic acids is 1. The Balaban J connectivity index is 1.33. The molecule has 0 N–H and O–H groups in total. The van der Waals surface area contributed by atoms with Crippen molar-refractivity contribution in [3.63, 3.8) is 0 Å². The van der Waals surface area contributed by atoms with E-state index in [1.54, 1.807) is 0 Å². The first kappa shape index (κ1) is 15.8. The summed E-state index contributed by atoms with van der Waals surface area (Å²) in [5, 5.41) is 0. The Morgan fingerprint density at radius 3 is 2.81 bits per heavy atom. The zero-order chi connectivity index (χ0) is 17.7. The quantitative estimate of drug-likeness (QED) is 0.855. The zero-order valence-electron chi connectivity index (χ0n) is 15.2. The molecule has 26 heavy (non-hydrogen) atoms. The molecule has 1 aromatic heterocycles. The number of fused-ring (bicyclic) bond motifs is 1. The number of benzene rings is 1. The van der Waals surface area contributed by atoms with Crippen LogP contribution < -0.4 is 9.80 Å². The average molecular weight is 348 g/mol. The van der Waals surface area contributed by atoms with Gasteiger partial charge in [-0.25, -0.2) is 9.97 Å². The molecule has 3 aliphatic rings. The van der Waals surface area contributed by atoms with Gasteiger partial charge in [-0.1, -0.05) is 18.2 Å². The molecule has 5 heteroatoms. The minimum absolute atomic E-state index is 0.0563. The van der Waals surface area contributed by atoms with Crippen molar-refractivity contribution in [3.8, 4) is 0 Å². The third kappa shape index (κ3) is 2.75. The molecule has 5 nitrogen and oxygen atoms in total. The molecule has 5 rings (SSSR count). The van der Waals surface area contributed by atoms with Crippen LogP contribution in [0, 0.1) is 12.8 Å². The first-order valence-corrected chi connectivity index (χ1v) is 9.69. The van der Waals surface area contributed by atoms with Gasteiger partial charge in [0, 0.05) is 43.0 Å². The lowest BCUT2D eigenvalue weighted by Crippen LogP contribution is -2.36. The summed E-state index contributed by atoms with van der Waals surface area (Å²) in [4.78, 5) is 26.8. The van der Waals surface area contributed by atoms with E-state index in [1.807, 2.05) is 17.9 Å². The lowest BCUT2D eigenvalue weighted by atomic mass is 10.1. The summed E-state index contributed by atoms with van der Waals surface area (Å²) < 4.78 is 0. The predicted octanol–water partition coefficient (Wildman–Crippen LogP) is 3.08. The Hall–Kier alpha value is -2.43. The topological polar surface area (TPSA) is 49.3 Å². The minimum Gasteiger partial charge on any atom is -0.356 e. The van der Waals surface area contributed by atoms with Crippen LogP contribution in [0.4, 0.5) is 11.5 Å². The lowest BCUT2D eigenvalue weighted by Gasteiger charge is -2.22. The number of hydrogen-bond acceptors (Lipinski definition) is 4. The van der Waals surface area contributed by atoms with Crippen LogP contribution in [0.25, 0.3) is 0 Å². The van der Waals surface area contributed by atoms with Crippen LogP contribution in [0.5, 0.6) is 0 Å². The Morgan fingerprint density at radius 2 is 1.96 bits per heavy atom. The van der Waals surface area contributed by atoms with E-state index in [4.69, 9.17) is 4.98 Å². The molecule has 0 radical (unpaired) electrons. The fourth-order valence-corrected chi connectivity index (χ4v) is 4.22. The molecule has 1 unspecified atom stereocenters. The Morgan fingerprint density at radius 1 is 1.12 bits per heavy atom. The monoisotopic (exact) mass is 348 g/mol. The van der Waals surface area contributed by atoms with Gasteiger partial charge in [0.05, 0.1) is 5.92 Å². The molecule has 1 aliphatic carbocycles. The van der Waals surface area contributed by atoms with E-state index in [-0.39, 0.29) is 11.8 Å². The van der Waals surface area contributed by atoms with Crippen LogP contribution in [0.1, 0.15) is 42.3 Å². The molecule has 3 heterocycles. The number of amides is 1. The van der Waals surface area contributed by atoms with Gasteiger partial charge >= 0.3 is 0 Å². The lowest BCUT2D eigenvalue weighted by molar-refractivity contribution is -0.121. The number of carbonyl (C=O) groups is 1. The second-order valence-electron chi connectivity index (χ2n) is 7.80. The van der Waals surface area contributed by atoms with Crippen LogP contribution in [0.3, 0.4) is 0 Å². The van der Waals surface area contributed by atoms with Gasteiger partial charge in [-0.15, -0.1) is 0 Å². The van der Waals surface area contributed by atoms with Crippen molar-refractivity contribution in [2.24, 2.45) is 5.92 Å². The molecule has 1 atom stereocenters. The van der Waals surface area contributed by atoms with Crippen molar-refractivity contribution in [1.29, 1.82) is 0 Å². The van der Waals surface area contributed by atoms with Gasteiger partial charge in [-0.05, 0) is 44.2 Å². The average Bonchev–Trinajstić information content (AvgIpc) is 3.23. The number of para-hydroxylation sites is 1. The highest BCUT2D eigenvalue weighted by atomic mass is 16.2. The molecule has 1 saturated heterocycles. The Bertz CT molecular complexity index is 861. The standard InChI is InChI=1S/C21H24N4O/c1-14-12-19(23-20(22-14)16-6-7-16)24-10-8-17(13-24)21(26)25-11-9-15-4-2-3-5-18(15)25/h2-5,12,16-17H,6-11,13H2,1H3. The van der Waals surface area contributed by atoms with Gasteiger partial charge in [0.15, 0.2) is 0 Å². The van der Waals surface area contributed by atoms with Gasteiger partial charge in [0.1, 0.15) is 11.6 Å². The van der Waals surface area contributed by atoms with E-state index in [9.17, 15) is 4.79 Å². The molecule has 2 aliphatic heterocycles. The molecule has 1 amide bonds. The molecular weight excluding hydrogens is 324 g/mol. The summed E-state index contributed by atoms with van der Waals surface area (Å²) in [6, 6.07) is 10.3. The maximum atomic E-state index is 13.1. The van der Waals surface area contributed by atoms with E-state index in [0.29, 0.717) is 5.92 Å². The summed E-state index contributed by atoms with van der Waals surface area (Å²) >= 11 is 0. The van der Waals surface area contributed by atoms with Crippen molar-refractivity contribution >= 4 is 17.4 Å². The highest BCUT2D eigenvalue weighted by molar-refractivity contribution is 5.97. The van der Waals surface area contributed by atoms with Gasteiger partial charge in [0.2, 0.25) is 5.91 Å². The van der Waals surface area contributed by atoms with Crippen LogP contribution >= 0.6 is 0 Å². The maximum Gasteiger partial charge on any atom is 0.231 e. The normalized spacial score (nSPS) is 22.0. The number of aryl methyl sites for hydroxylation is 1. The van der Waals surface area contributed by atoms with Gasteiger partial charge in [0.25, 0.3) is 0 Å². The van der Waals surface area contributed by atoms with E-state index in [0.717, 1.165) is 55.5 Å². The van der Waals surface area contributed by atoms with Crippen molar-refractivity contribution in [2.45, 2.75) is 38.5 Å². The first-order valence-electron chi connectivity index (χ1n) is 9.69. The number of rotatable bonds is 3. The van der Waals surface area contributed by atoms with E-state index >= 15 is 0 Å². The summed E-state index contributed by atoms with van der Waals surface area (Å²) in [7, 11) is 0. The molecular formula is C21H24N4O. The molecule has 2 aromatic rings. The van der Waals surface area contributed by atoms with Gasteiger partial charge < -0.3 is 9.80 Å². The maximum absolute atomic E-state index is 13.1. The molecule has 1 saturated carbocycles. The first-order chi connectivity index (χ1) is 12.7. The summed E-state index contributed by atoms with van der Waals surface area (Å²) in [6.07, 6.45) is 4.28. The fourth-order valence-electron chi connectivity index (χ4n) is 4.22. The number of aromatic nitrogens is 2. The van der Waals surface area contributed by atoms with Crippen LogP contribution in [-0.2, 0) is 11.2 Å². The summed E-state index contributed by atoms with van der Waals surface area (Å²) in [6.45, 7) is 4.51. The van der Waals surface area contributed by atoms with Gasteiger partial charge in [-0.2, -0.15) is 0 Å². The van der Waals surface area contributed by atoms with Crippen LogP contribution in [0.2, 0.25) is 0 Å². The molecule has 2 fully saturated rings. The van der Waals surface area contributed by atoms with E-state index in [1.165, 1.54) is 18.4 Å². The summed E-state index contributed by atoms with van der Waals surface area (Å²) in [5.74, 6) is 2.86. The van der Waals surface area contributed by atoms with Crippen molar-refractivity contribution in [1.82, 2.24) is 9.97 Å². The zero-order valence-corrected chi connectivity index (χ0v) is 15.2.